The summed E-state index contributed by atoms with van der Waals surface area (Å²) in [5.41, 5.74) is 6.60. The molecule has 0 atom stereocenters. The molecule has 9 heteroatoms. The standard InChI is InChI=1S/C21H19N5O4/c1-13-19-17(25-24-15-5-7-16(8-6-15)26(28)29)3-2-4-18(19)30-20(13)21(27)23-14-9-11-22-12-10-14/h5-12,24H,2-4H2,1H3,(H,22,23,27)/b25-17+. The molecule has 1 aliphatic carbocycles. The number of furan rings is 1. The van der Waals surface area contributed by atoms with Crippen molar-refractivity contribution < 1.29 is 14.1 Å². The Kier molecular flexibility index (Phi) is 5.25. The lowest BCUT2D eigenvalue weighted by Crippen LogP contribution is -2.14. The van der Waals surface area contributed by atoms with Crippen LogP contribution in [0.15, 0.2) is 58.3 Å². The number of nitrogens with one attached hydrogen (secondary N) is 2. The highest BCUT2D eigenvalue weighted by atomic mass is 16.6. The molecule has 0 spiro atoms. The number of carbonyl (C=O) groups is 1. The highest BCUT2D eigenvalue weighted by Gasteiger charge is 2.28. The molecule has 0 radical (unpaired) electrons. The third-order valence-electron chi connectivity index (χ3n) is 4.87. The second kappa shape index (κ2) is 8.16. The average molecular weight is 405 g/mol. The molecule has 4 rings (SSSR count). The number of nitro benzene ring substituents is 1. The van der Waals surface area contributed by atoms with Crippen LogP contribution in [0.2, 0.25) is 0 Å². The van der Waals surface area contributed by atoms with Crippen LogP contribution in [-0.4, -0.2) is 21.5 Å². The number of nitrogens with zero attached hydrogens (tertiary/aromatic N) is 3. The van der Waals surface area contributed by atoms with Crippen molar-refractivity contribution in [2.45, 2.75) is 26.2 Å². The highest BCUT2D eigenvalue weighted by Crippen LogP contribution is 2.30. The van der Waals surface area contributed by atoms with E-state index in [0.29, 0.717) is 11.4 Å². The van der Waals surface area contributed by atoms with Gasteiger partial charge < -0.3 is 9.73 Å². The van der Waals surface area contributed by atoms with E-state index in [-0.39, 0.29) is 17.4 Å². The minimum atomic E-state index is -0.448. The molecule has 30 heavy (non-hydrogen) atoms. The van der Waals surface area contributed by atoms with Gasteiger partial charge in [-0.1, -0.05) is 0 Å². The van der Waals surface area contributed by atoms with Gasteiger partial charge in [-0.3, -0.25) is 25.3 Å². The molecule has 1 amide bonds. The zero-order chi connectivity index (χ0) is 21.1. The zero-order valence-corrected chi connectivity index (χ0v) is 16.2. The Bertz CT molecular complexity index is 1120. The minimum absolute atomic E-state index is 0.0173. The van der Waals surface area contributed by atoms with Gasteiger partial charge in [-0.2, -0.15) is 5.10 Å². The molecular formula is C21H19N5O4. The number of fused-ring (bicyclic) bond motifs is 1. The summed E-state index contributed by atoms with van der Waals surface area (Å²) in [4.78, 5) is 27.0. The molecule has 2 aromatic heterocycles. The van der Waals surface area contributed by atoms with E-state index in [4.69, 9.17) is 4.42 Å². The SMILES string of the molecule is Cc1c(C(=O)Nc2ccncc2)oc2c1/C(=N/Nc1ccc([N+](=O)[O-])cc1)CCC2. The molecule has 0 saturated carbocycles. The summed E-state index contributed by atoms with van der Waals surface area (Å²) in [5, 5.41) is 18.1. The number of aromatic nitrogens is 1. The van der Waals surface area contributed by atoms with Crippen molar-refractivity contribution in [1.82, 2.24) is 4.98 Å². The molecule has 9 nitrogen and oxygen atoms in total. The topological polar surface area (TPSA) is 123 Å². The monoisotopic (exact) mass is 405 g/mol. The number of rotatable bonds is 5. The second-order valence-corrected chi connectivity index (χ2v) is 6.87. The molecule has 0 saturated heterocycles. The number of anilines is 2. The Morgan fingerprint density at radius 2 is 1.87 bits per heavy atom. The summed E-state index contributed by atoms with van der Waals surface area (Å²) >= 11 is 0. The number of hydrogen-bond acceptors (Lipinski definition) is 7. The highest BCUT2D eigenvalue weighted by molar-refractivity contribution is 6.09. The van der Waals surface area contributed by atoms with Crippen molar-refractivity contribution in [2.24, 2.45) is 5.10 Å². The van der Waals surface area contributed by atoms with E-state index in [1.165, 1.54) is 12.1 Å². The molecule has 152 valence electrons. The molecule has 0 aliphatic heterocycles. The van der Waals surface area contributed by atoms with Crippen LogP contribution < -0.4 is 10.7 Å². The van der Waals surface area contributed by atoms with Crippen LogP contribution in [0, 0.1) is 17.0 Å². The first-order chi connectivity index (χ1) is 14.5. The van der Waals surface area contributed by atoms with E-state index in [1.54, 1.807) is 36.7 Å². The van der Waals surface area contributed by atoms with Crippen LogP contribution in [0.5, 0.6) is 0 Å². The van der Waals surface area contributed by atoms with Gasteiger partial charge in [0.25, 0.3) is 11.6 Å². The molecule has 1 aromatic carbocycles. The van der Waals surface area contributed by atoms with Crippen molar-refractivity contribution >= 4 is 28.7 Å². The van der Waals surface area contributed by atoms with Crippen molar-refractivity contribution in [3.05, 3.63) is 81.6 Å². The Morgan fingerprint density at radius 3 is 2.57 bits per heavy atom. The molecule has 2 N–H and O–H groups in total. The van der Waals surface area contributed by atoms with E-state index >= 15 is 0 Å². The first-order valence-corrected chi connectivity index (χ1v) is 9.44. The van der Waals surface area contributed by atoms with E-state index in [2.05, 4.69) is 20.8 Å². The Balaban J connectivity index is 1.57. The fourth-order valence-corrected chi connectivity index (χ4v) is 3.41. The van der Waals surface area contributed by atoms with E-state index in [1.807, 2.05) is 6.92 Å². The minimum Gasteiger partial charge on any atom is -0.455 e. The van der Waals surface area contributed by atoms with Crippen LogP contribution in [0.4, 0.5) is 17.1 Å². The molecule has 0 unspecified atom stereocenters. The van der Waals surface area contributed by atoms with Gasteiger partial charge in [0, 0.05) is 47.8 Å². The summed E-state index contributed by atoms with van der Waals surface area (Å²) in [7, 11) is 0. The van der Waals surface area contributed by atoms with E-state index in [0.717, 1.165) is 41.9 Å². The second-order valence-electron chi connectivity index (χ2n) is 6.87. The smallest absolute Gasteiger partial charge is 0.291 e. The summed E-state index contributed by atoms with van der Waals surface area (Å²) in [5.74, 6) is 0.681. The van der Waals surface area contributed by atoms with Crippen molar-refractivity contribution in [2.75, 3.05) is 10.7 Å². The Hall–Kier alpha value is -4.01. The van der Waals surface area contributed by atoms with Gasteiger partial charge in [0.1, 0.15) is 5.76 Å². The number of aryl methyl sites for hydroxylation is 1. The number of carbonyl (C=O) groups excluding carboxylic acids is 1. The Morgan fingerprint density at radius 1 is 1.13 bits per heavy atom. The number of pyridine rings is 1. The van der Waals surface area contributed by atoms with Gasteiger partial charge in [0.2, 0.25) is 0 Å². The number of nitro groups is 1. The van der Waals surface area contributed by atoms with E-state index < -0.39 is 4.92 Å². The molecule has 2 heterocycles. The number of non-ortho nitro benzene ring substituents is 1. The van der Waals surface area contributed by atoms with Gasteiger partial charge >= 0.3 is 0 Å². The quantitative estimate of drug-likeness (QED) is 0.482. The zero-order valence-electron chi connectivity index (χ0n) is 16.2. The summed E-state index contributed by atoms with van der Waals surface area (Å²) in [6, 6.07) is 9.44. The molecule has 3 aromatic rings. The third-order valence-corrected chi connectivity index (χ3v) is 4.87. The number of hydrogen-bond donors (Lipinski definition) is 2. The van der Waals surface area contributed by atoms with Crippen LogP contribution >= 0.6 is 0 Å². The predicted octanol–water partition coefficient (Wildman–Crippen LogP) is 4.30. The van der Waals surface area contributed by atoms with Gasteiger partial charge in [-0.25, -0.2) is 0 Å². The van der Waals surface area contributed by atoms with Gasteiger partial charge in [0.05, 0.1) is 16.3 Å². The summed E-state index contributed by atoms with van der Waals surface area (Å²) < 4.78 is 5.88. The van der Waals surface area contributed by atoms with Crippen LogP contribution in [0.3, 0.4) is 0 Å². The maximum atomic E-state index is 12.7. The average Bonchev–Trinajstić information content (AvgIpc) is 3.10. The van der Waals surface area contributed by atoms with Gasteiger partial charge in [0.15, 0.2) is 5.76 Å². The molecule has 1 aliphatic rings. The molecular weight excluding hydrogens is 386 g/mol. The lowest BCUT2D eigenvalue weighted by Gasteiger charge is -2.13. The maximum Gasteiger partial charge on any atom is 0.291 e. The number of hydrazone groups is 1. The predicted molar refractivity (Wildman–Crippen MR) is 112 cm³/mol. The molecule has 0 bridgehead atoms. The van der Waals surface area contributed by atoms with Crippen LogP contribution in [0.1, 0.15) is 40.3 Å². The first kappa shape index (κ1) is 19.3. The summed E-state index contributed by atoms with van der Waals surface area (Å²) in [6.45, 7) is 1.84. The first-order valence-electron chi connectivity index (χ1n) is 9.44. The van der Waals surface area contributed by atoms with Gasteiger partial charge in [-0.15, -0.1) is 0 Å². The molecule has 0 fully saturated rings. The van der Waals surface area contributed by atoms with Crippen molar-refractivity contribution in [3.8, 4) is 0 Å². The Labute approximate surface area is 172 Å². The lowest BCUT2D eigenvalue weighted by atomic mass is 9.93. The number of amides is 1. The van der Waals surface area contributed by atoms with Crippen LogP contribution in [-0.2, 0) is 6.42 Å². The van der Waals surface area contributed by atoms with Crippen molar-refractivity contribution in [1.29, 1.82) is 0 Å². The lowest BCUT2D eigenvalue weighted by molar-refractivity contribution is -0.384. The fourth-order valence-electron chi connectivity index (χ4n) is 3.41. The largest absolute Gasteiger partial charge is 0.455 e. The summed E-state index contributed by atoms with van der Waals surface area (Å²) in [6.07, 6.45) is 5.52. The fraction of sp³-hybridized carbons (Fsp3) is 0.190. The van der Waals surface area contributed by atoms with Gasteiger partial charge in [-0.05, 0) is 44.0 Å². The van der Waals surface area contributed by atoms with E-state index in [9.17, 15) is 14.9 Å². The number of benzene rings is 1. The van der Waals surface area contributed by atoms with Crippen LogP contribution in [0.25, 0.3) is 0 Å². The normalized spacial score (nSPS) is 14.2. The maximum absolute atomic E-state index is 12.7. The van der Waals surface area contributed by atoms with Crippen molar-refractivity contribution in [3.63, 3.8) is 0 Å². The third kappa shape index (κ3) is 3.90.